The summed E-state index contributed by atoms with van der Waals surface area (Å²) in [5.41, 5.74) is 0.306. The van der Waals surface area contributed by atoms with Crippen molar-refractivity contribution in [2.45, 2.75) is 64.2 Å². The molecule has 0 aromatic heterocycles. The smallest absolute Gasteiger partial charge is 0.410 e. The van der Waals surface area contributed by atoms with Crippen LogP contribution in [0.5, 0.6) is 5.75 Å². The molecule has 0 unspecified atom stereocenters. The molecule has 0 spiro atoms. The molecule has 1 amide bonds. The molecule has 0 atom stereocenters. The van der Waals surface area contributed by atoms with Gasteiger partial charge in [-0.25, -0.2) is 4.79 Å². The maximum absolute atomic E-state index is 12.3. The van der Waals surface area contributed by atoms with Crippen LogP contribution in [-0.2, 0) is 4.74 Å². The number of nitrogens with zero attached hydrogens (tertiary/aromatic N) is 3. The molecule has 0 radical (unpaired) electrons. The second-order valence-electron chi connectivity index (χ2n) is 8.54. The highest BCUT2D eigenvalue weighted by molar-refractivity contribution is 5.68. The van der Waals surface area contributed by atoms with Gasteiger partial charge in [0, 0.05) is 37.9 Å². The number of nitro benzene ring substituents is 1. The van der Waals surface area contributed by atoms with Gasteiger partial charge in [0.2, 0.25) is 0 Å². The number of rotatable bonds is 5. The second-order valence-corrected chi connectivity index (χ2v) is 8.54. The number of carbonyl (C=O) groups excluding carboxylic acids is 1. The predicted octanol–water partition coefficient (Wildman–Crippen LogP) is 3.97. The highest BCUT2D eigenvalue weighted by atomic mass is 16.6. The Hall–Kier alpha value is -2.51. The van der Waals surface area contributed by atoms with E-state index in [9.17, 15) is 14.9 Å². The van der Waals surface area contributed by atoms with Gasteiger partial charge in [0.25, 0.3) is 0 Å². The first kappa shape index (κ1) is 20.2. The fourth-order valence-electron chi connectivity index (χ4n) is 3.30. The summed E-state index contributed by atoms with van der Waals surface area (Å²) in [7, 11) is 1.77. The Balaban J connectivity index is 1.62. The summed E-state index contributed by atoms with van der Waals surface area (Å²) in [6.45, 7) is 7.00. The molecule has 3 rings (SSSR count). The molecule has 1 aliphatic heterocycles. The highest BCUT2D eigenvalue weighted by Gasteiger charge is 2.30. The minimum Gasteiger partial charge on any atom is -0.483 e. The van der Waals surface area contributed by atoms with Crippen LogP contribution in [0.2, 0.25) is 0 Å². The lowest BCUT2D eigenvalue weighted by Gasteiger charge is -2.38. The van der Waals surface area contributed by atoms with Crippen LogP contribution in [0, 0.1) is 10.1 Å². The van der Waals surface area contributed by atoms with Crippen LogP contribution < -0.4 is 9.64 Å². The molecule has 8 nitrogen and oxygen atoms in total. The summed E-state index contributed by atoms with van der Waals surface area (Å²) in [6.07, 6.45) is 3.27. The maximum Gasteiger partial charge on any atom is 0.410 e. The Labute approximate surface area is 165 Å². The Bertz CT molecular complexity index is 734. The number of amides is 1. The van der Waals surface area contributed by atoms with Gasteiger partial charge < -0.3 is 19.3 Å². The molecule has 1 aromatic carbocycles. The fraction of sp³-hybridized carbons (Fsp3) is 0.650. The van der Waals surface area contributed by atoms with Gasteiger partial charge in [-0.3, -0.25) is 10.1 Å². The van der Waals surface area contributed by atoms with E-state index in [-0.39, 0.29) is 28.8 Å². The number of benzene rings is 1. The van der Waals surface area contributed by atoms with Crippen LogP contribution in [0.3, 0.4) is 0 Å². The molecule has 1 aromatic rings. The molecule has 2 fully saturated rings. The van der Waals surface area contributed by atoms with Crippen molar-refractivity contribution >= 4 is 17.5 Å². The predicted molar refractivity (Wildman–Crippen MR) is 106 cm³/mol. The minimum absolute atomic E-state index is 0.0115. The number of hydrogen-bond acceptors (Lipinski definition) is 6. The van der Waals surface area contributed by atoms with Gasteiger partial charge in [-0.05, 0) is 58.6 Å². The van der Waals surface area contributed by atoms with E-state index in [0.29, 0.717) is 5.75 Å². The van der Waals surface area contributed by atoms with Crippen molar-refractivity contribution in [1.82, 2.24) is 4.90 Å². The zero-order chi connectivity index (χ0) is 20.5. The van der Waals surface area contributed by atoms with E-state index in [2.05, 4.69) is 4.90 Å². The molecule has 2 aliphatic rings. The van der Waals surface area contributed by atoms with E-state index in [1.165, 1.54) is 0 Å². The summed E-state index contributed by atoms with van der Waals surface area (Å²) in [6, 6.07) is 5.27. The van der Waals surface area contributed by atoms with E-state index in [0.717, 1.165) is 44.5 Å². The lowest BCUT2D eigenvalue weighted by Crippen LogP contribution is -2.47. The van der Waals surface area contributed by atoms with Gasteiger partial charge in [-0.1, -0.05) is 0 Å². The third kappa shape index (κ3) is 5.05. The van der Waals surface area contributed by atoms with Crippen LogP contribution in [-0.4, -0.2) is 53.8 Å². The van der Waals surface area contributed by atoms with Crippen LogP contribution in [0.25, 0.3) is 0 Å². The summed E-state index contributed by atoms with van der Waals surface area (Å²) < 4.78 is 11.1. The largest absolute Gasteiger partial charge is 0.483 e. The van der Waals surface area contributed by atoms with Crippen LogP contribution in [0.4, 0.5) is 16.2 Å². The quantitative estimate of drug-likeness (QED) is 0.558. The van der Waals surface area contributed by atoms with E-state index >= 15 is 0 Å². The maximum atomic E-state index is 12.3. The summed E-state index contributed by atoms with van der Waals surface area (Å²) in [4.78, 5) is 27.1. The third-order valence-corrected chi connectivity index (χ3v) is 5.02. The molecule has 8 heteroatoms. The Morgan fingerprint density at radius 2 is 1.86 bits per heavy atom. The topological polar surface area (TPSA) is 85.2 Å². The molecule has 0 N–H and O–H groups in total. The number of ether oxygens (including phenoxy) is 2. The van der Waals surface area contributed by atoms with Crippen molar-refractivity contribution in [3.63, 3.8) is 0 Å². The number of carbonyl (C=O) groups is 1. The summed E-state index contributed by atoms with van der Waals surface area (Å²) in [5.74, 6) is 0.343. The van der Waals surface area contributed by atoms with E-state index in [1.54, 1.807) is 24.1 Å². The van der Waals surface area contributed by atoms with Crippen molar-refractivity contribution in [2.24, 2.45) is 0 Å². The van der Waals surface area contributed by atoms with Gasteiger partial charge in [0.05, 0.1) is 11.0 Å². The Morgan fingerprint density at radius 3 is 2.39 bits per heavy atom. The molecule has 154 valence electrons. The molecule has 1 aliphatic carbocycles. The van der Waals surface area contributed by atoms with Gasteiger partial charge in [-0.2, -0.15) is 0 Å². The second kappa shape index (κ2) is 7.85. The van der Waals surface area contributed by atoms with Crippen LogP contribution >= 0.6 is 0 Å². The lowest BCUT2D eigenvalue weighted by atomic mass is 10.0. The van der Waals surface area contributed by atoms with Crippen LogP contribution in [0.1, 0.15) is 46.5 Å². The molecule has 1 saturated heterocycles. The number of hydrogen-bond donors (Lipinski definition) is 0. The summed E-state index contributed by atoms with van der Waals surface area (Å²) >= 11 is 0. The molecular formula is C20H29N3O5. The van der Waals surface area contributed by atoms with Crippen molar-refractivity contribution in [2.75, 3.05) is 25.0 Å². The monoisotopic (exact) mass is 391 g/mol. The zero-order valence-corrected chi connectivity index (χ0v) is 17.0. The molecule has 28 heavy (non-hydrogen) atoms. The first-order chi connectivity index (χ1) is 13.1. The number of nitro groups is 1. The van der Waals surface area contributed by atoms with Gasteiger partial charge in [0.1, 0.15) is 5.60 Å². The number of piperidine rings is 1. The first-order valence-electron chi connectivity index (χ1n) is 9.80. The van der Waals surface area contributed by atoms with Crippen molar-refractivity contribution in [3.8, 4) is 5.75 Å². The average molecular weight is 391 g/mol. The summed E-state index contributed by atoms with van der Waals surface area (Å²) in [5, 5.41) is 11.4. The average Bonchev–Trinajstić information content (AvgIpc) is 3.44. The number of anilines is 1. The van der Waals surface area contributed by atoms with Gasteiger partial charge in [-0.15, -0.1) is 0 Å². The van der Waals surface area contributed by atoms with E-state index < -0.39 is 5.60 Å². The van der Waals surface area contributed by atoms with E-state index in [1.807, 2.05) is 26.8 Å². The van der Waals surface area contributed by atoms with Crippen molar-refractivity contribution < 1.29 is 19.2 Å². The first-order valence-corrected chi connectivity index (χ1v) is 9.80. The lowest BCUT2D eigenvalue weighted by molar-refractivity contribution is -0.385. The molecule has 1 saturated carbocycles. The molecule has 1 heterocycles. The fourth-order valence-corrected chi connectivity index (χ4v) is 3.30. The van der Waals surface area contributed by atoms with Crippen molar-refractivity contribution in [3.05, 3.63) is 28.3 Å². The van der Waals surface area contributed by atoms with Gasteiger partial charge >= 0.3 is 11.8 Å². The molecule has 0 bridgehead atoms. The minimum atomic E-state index is -0.519. The normalized spacial score (nSPS) is 17.9. The standard InChI is InChI=1S/C20H29N3O5/c1-20(2,3)28-19(24)21(4)14-9-11-22(12-10-14)15-5-8-18(27-16-6-7-16)17(13-15)23(25)26/h5,8,13-14,16H,6-7,9-12H2,1-4H3. The molecular weight excluding hydrogens is 362 g/mol. The highest BCUT2D eigenvalue weighted by Crippen LogP contribution is 2.36. The van der Waals surface area contributed by atoms with Gasteiger partial charge in [0.15, 0.2) is 5.75 Å². The Kier molecular flexibility index (Phi) is 5.67. The zero-order valence-electron chi connectivity index (χ0n) is 17.0. The Morgan fingerprint density at radius 1 is 1.21 bits per heavy atom. The third-order valence-electron chi connectivity index (χ3n) is 5.02. The van der Waals surface area contributed by atoms with E-state index in [4.69, 9.17) is 9.47 Å². The van der Waals surface area contributed by atoms with Crippen LogP contribution in [0.15, 0.2) is 18.2 Å². The van der Waals surface area contributed by atoms with Crippen molar-refractivity contribution in [1.29, 1.82) is 0 Å². The SMILES string of the molecule is CN(C(=O)OC(C)(C)C)C1CCN(c2ccc(OC3CC3)c([N+](=O)[O-])c2)CC1.